The zero-order chi connectivity index (χ0) is 11.0. The van der Waals surface area contributed by atoms with Crippen LogP contribution in [0.4, 0.5) is 0 Å². The van der Waals surface area contributed by atoms with Crippen molar-refractivity contribution >= 4 is 11.3 Å². The Labute approximate surface area is 97.4 Å². The first-order chi connectivity index (χ1) is 7.84. The number of nitrogens with zero attached hydrogens (tertiary/aromatic N) is 3. The summed E-state index contributed by atoms with van der Waals surface area (Å²) in [5, 5.41) is 11.1. The first-order valence-corrected chi connectivity index (χ1v) is 6.01. The predicted molar refractivity (Wildman–Crippen MR) is 61.9 cm³/mol. The van der Waals surface area contributed by atoms with Crippen LogP contribution < -0.4 is 0 Å². The molecule has 0 amide bonds. The van der Waals surface area contributed by atoms with E-state index in [9.17, 15) is 0 Å². The van der Waals surface area contributed by atoms with E-state index in [-0.39, 0.29) is 0 Å². The molecule has 1 saturated carbocycles. The summed E-state index contributed by atoms with van der Waals surface area (Å²) < 4.78 is 0. The molecule has 2 heterocycles. The van der Waals surface area contributed by atoms with Gasteiger partial charge in [-0.2, -0.15) is 5.26 Å². The average molecular weight is 227 g/mol. The molecule has 0 aromatic carbocycles. The SMILES string of the molecule is N#CC1(c2nccc(-c3cccs3)n2)CC1. The minimum Gasteiger partial charge on any atom is -0.240 e. The van der Waals surface area contributed by atoms with Gasteiger partial charge >= 0.3 is 0 Å². The maximum absolute atomic E-state index is 9.10. The summed E-state index contributed by atoms with van der Waals surface area (Å²) in [5.41, 5.74) is 0.523. The molecule has 78 valence electrons. The molecular formula is C12H9N3S. The number of rotatable bonds is 2. The van der Waals surface area contributed by atoms with Crippen molar-refractivity contribution in [2.45, 2.75) is 18.3 Å². The van der Waals surface area contributed by atoms with Crippen molar-refractivity contribution in [2.75, 3.05) is 0 Å². The maximum atomic E-state index is 9.10. The second kappa shape index (κ2) is 3.39. The Morgan fingerprint density at radius 2 is 2.25 bits per heavy atom. The first-order valence-electron chi connectivity index (χ1n) is 5.13. The molecule has 0 unspecified atom stereocenters. The molecule has 0 saturated heterocycles. The molecule has 1 aliphatic carbocycles. The average Bonchev–Trinajstić information content (AvgIpc) is 2.95. The van der Waals surface area contributed by atoms with E-state index in [0.29, 0.717) is 5.82 Å². The van der Waals surface area contributed by atoms with Crippen molar-refractivity contribution in [3.63, 3.8) is 0 Å². The largest absolute Gasteiger partial charge is 0.240 e. The van der Waals surface area contributed by atoms with Crippen LogP contribution in [0.5, 0.6) is 0 Å². The van der Waals surface area contributed by atoms with E-state index in [1.165, 1.54) is 0 Å². The van der Waals surface area contributed by atoms with Crippen LogP contribution in [0.25, 0.3) is 10.6 Å². The Bertz CT molecular complexity index is 550. The Morgan fingerprint density at radius 1 is 1.38 bits per heavy atom. The summed E-state index contributed by atoms with van der Waals surface area (Å²) in [6, 6.07) is 8.24. The predicted octanol–water partition coefficient (Wildman–Crippen LogP) is 2.76. The van der Waals surface area contributed by atoms with E-state index in [4.69, 9.17) is 5.26 Å². The Hall–Kier alpha value is -1.73. The topological polar surface area (TPSA) is 49.6 Å². The summed E-state index contributed by atoms with van der Waals surface area (Å²) in [6.45, 7) is 0. The van der Waals surface area contributed by atoms with Crippen LogP contribution in [0.15, 0.2) is 29.8 Å². The molecule has 2 aromatic heterocycles. The van der Waals surface area contributed by atoms with Crippen LogP contribution in [-0.2, 0) is 5.41 Å². The lowest BCUT2D eigenvalue weighted by Gasteiger charge is -2.04. The summed E-state index contributed by atoms with van der Waals surface area (Å²) in [6.07, 6.45) is 3.52. The highest BCUT2D eigenvalue weighted by Crippen LogP contribution is 2.46. The lowest BCUT2D eigenvalue weighted by molar-refractivity contribution is 0.799. The van der Waals surface area contributed by atoms with E-state index in [1.807, 2.05) is 23.6 Å². The van der Waals surface area contributed by atoms with E-state index >= 15 is 0 Å². The number of hydrogen-bond acceptors (Lipinski definition) is 4. The molecule has 0 N–H and O–H groups in total. The Kier molecular flexibility index (Phi) is 2.01. The smallest absolute Gasteiger partial charge is 0.149 e. The second-order valence-corrected chi connectivity index (χ2v) is 4.88. The van der Waals surface area contributed by atoms with Crippen LogP contribution >= 0.6 is 11.3 Å². The molecule has 3 rings (SSSR count). The van der Waals surface area contributed by atoms with Gasteiger partial charge in [-0.25, -0.2) is 9.97 Å². The molecule has 0 bridgehead atoms. The minimum atomic E-state index is -0.396. The van der Waals surface area contributed by atoms with Crippen molar-refractivity contribution in [3.8, 4) is 16.6 Å². The molecule has 0 atom stereocenters. The van der Waals surface area contributed by atoms with Gasteiger partial charge in [0, 0.05) is 6.20 Å². The fourth-order valence-corrected chi connectivity index (χ4v) is 2.36. The van der Waals surface area contributed by atoms with Gasteiger partial charge in [0.25, 0.3) is 0 Å². The normalized spacial score (nSPS) is 16.7. The molecule has 1 fully saturated rings. The fourth-order valence-electron chi connectivity index (χ4n) is 1.66. The van der Waals surface area contributed by atoms with Gasteiger partial charge in [-0.15, -0.1) is 11.3 Å². The lowest BCUT2D eigenvalue weighted by Crippen LogP contribution is -2.08. The molecule has 1 aliphatic rings. The maximum Gasteiger partial charge on any atom is 0.149 e. The quantitative estimate of drug-likeness (QED) is 0.792. The molecule has 2 aromatic rings. The third kappa shape index (κ3) is 1.41. The summed E-state index contributed by atoms with van der Waals surface area (Å²) in [7, 11) is 0. The van der Waals surface area contributed by atoms with Gasteiger partial charge in [0.1, 0.15) is 11.2 Å². The highest BCUT2D eigenvalue weighted by molar-refractivity contribution is 7.13. The van der Waals surface area contributed by atoms with Crippen molar-refractivity contribution in [1.82, 2.24) is 9.97 Å². The van der Waals surface area contributed by atoms with Crippen LogP contribution in [-0.4, -0.2) is 9.97 Å². The number of nitriles is 1. The highest BCUT2D eigenvalue weighted by Gasteiger charge is 2.47. The number of aromatic nitrogens is 2. The van der Waals surface area contributed by atoms with Crippen LogP contribution in [0.1, 0.15) is 18.7 Å². The zero-order valence-corrected chi connectivity index (χ0v) is 9.37. The number of thiophene rings is 1. The Morgan fingerprint density at radius 3 is 2.88 bits per heavy atom. The first kappa shape index (κ1) is 9.49. The van der Waals surface area contributed by atoms with Gasteiger partial charge < -0.3 is 0 Å². The summed E-state index contributed by atoms with van der Waals surface area (Å²) in [5.74, 6) is 0.681. The van der Waals surface area contributed by atoms with E-state index in [1.54, 1.807) is 17.5 Å². The van der Waals surface area contributed by atoms with Gasteiger partial charge in [-0.3, -0.25) is 0 Å². The fraction of sp³-hybridized carbons (Fsp3) is 0.250. The molecule has 3 nitrogen and oxygen atoms in total. The third-order valence-corrected chi connectivity index (χ3v) is 3.71. The van der Waals surface area contributed by atoms with E-state index < -0.39 is 5.41 Å². The van der Waals surface area contributed by atoms with Crippen LogP contribution in [0.2, 0.25) is 0 Å². The summed E-state index contributed by atoms with van der Waals surface area (Å²) in [4.78, 5) is 9.84. The second-order valence-electron chi connectivity index (χ2n) is 3.94. The zero-order valence-electron chi connectivity index (χ0n) is 8.55. The molecule has 16 heavy (non-hydrogen) atoms. The van der Waals surface area contributed by atoms with Gasteiger partial charge in [0.05, 0.1) is 16.6 Å². The molecule has 0 spiro atoms. The van der Waals surface area contributed by atoms with E-state index in [2.05, 4.69) is 16.0 Å². The van der Waals surface area contributed by atoms with Crippen molar-refractivity contribution < 1.29 is 0 Å². The van der Waals surface area contributed by atoms with Crippen molar-refractivity contribution in [3.05, 3.63) is 35.6 Å². The highest BCUT2D eigenvalue weighted by atomic mass is 32.1. The molecule has 4 heteroatoms. The van der Waals surface area contributed by atoms with Crippen molar-refractivity contribution in [1.29, 1.82) is 5.26 Å². The number of hydrogen-bond donors (Lipinski definition) is 0. The monoisotopic (exact) mass is 227 g/mol. The van der Waals surface area contributed by atoms with Gasteiger partial charge in [-0.05, 0) is 30.4 Å². The van der Waals surface area contributed by atoms with Gasteiger partial charge in [-0.1, -0.05) is 6.07 Å². The van der Waals surface area contributed by atoms with Gasteiger partial charge in [0.2, 0.25) is 0 Å². The molecule has 0 radical (unpaired) electrons. The molecular weight excluding hydrogens is 218 g/mol. The minimum absolute atomic E-state index is 0.396. The third-order valence-electron chi connectivity index (χ3n) is 2.82. The Balaban J connectivity index is 2.05. The molecule has 0 aliphatic heterocycles. The standard InChI is InChI=1S/C12H9N3S/c13-8-12(4-5-12)11-14-6-3-9(15-11)10-2-1-7-16-10/h1-3,6-7H,4-5H2. The van der Waals surface area contributed by atoms with Gasteiger partial charge in [0.15, 0.2) is 0 Å². The van der Waals surface area contributed by atoms with Crippen LogP contribution in [0, 0.1) is 11.3 Å². The summed E-state index contributed by atoms with van der Waals surface area (Å²) >= 11 is 1.65. The van der Waals surface area contributed by atoms with E-state index in [0.717, 1.165) is 23.4 Å². The van der Waals surface area contributed by atoms with Crippen LogP contribution in [0.3, 0.4) is 0 Å². The lowest BCUT2D eigenvalue weighted by atomic mass is 10.1. The van der Waals surface area contributed by atoms with Crippen molar-refractivity contribution in [2.24, 2.45) is 0 Å².